The molecule has 0 radical (unpaired) electrons. The van der Waals surface area contributed by atoms with E-state index < -0.39 is 12.2 Å². The molecule has 0 aromatic heterocycles. The number of ether oxygens (including phenoxy) is 1. The molecule has 0 saturated carbocycles. The lowest BCUT2D eigenvalue weighted by molar-refractivity contribution is 0.0150. The van der Waals surface area contributed by atoms with Gasteiger partial charge in [0.2, 0.25) is 0 Å². The molecule has 2 rings (SSSR count). The van der Waals surface area contributed by atoms with Crippen LogP contribution in [0.4, 0.5) is 5.69 Å². The number of benzene rings is 2. The molecule has 2 aromatic rings. The minimum absolute atomic E-state index is 0.132. The highest BCUT2D eigenvalue weighted by Gasteiger charge is 2.17. The van der Waals surface area contributed by atoms with Gasteiger partial charge < -0.3 is 20.7 Å². The Hall–Kier alpha value is -2.73. The van der Waals surface area contributed by atoms with Crippen LogP contribution in [-0.4, -0.2) is 22.9 Å². The van der Waals surface area contributed by atoms with Gasteiger partial charge in [-0.2, -0.15) is 0 Å². The van der Waals surface area contributed by atoms with Gasteiger partial charge in [0, 0.05) is 17.1 Å². The summed E-state index contributed by atoms with van der Waals surface area (Å²) >= 11 is 0. The number of anilines is 1. The quantitative estimate of drug-likeness (QED) is 0.314. The molecule has 2 unspecified atom stereocenters. The molecule has 0 aliphatic rings. The molecule has 4 N–H and O–H groups in total. The van der Waals surface area contributed by atoms with E-state index in [1.165, 1.54) is 0 Å². The highest BCUT2D eigenvalue weighted by atomic mass is 16.5. The third kappa shape index (κ3) is 4.89. The van der Waals surface area contributed by atoms with Crippen molar-refractivity contribution in [3.05, 3.63) is 64.5 Å². The summed E-state index contributed by atoms with van der Waals surface area (Å²) in [6.45, 7) is 0.132. The summed E-state index contributed by atoms with van der Waals surface area (Å²) < 4.78 is 5.65. The summed E-state index contributed by atoms with van der Waals surface area (Å²) in [5, 5.41) is 23.2. The van der Waals surface area contributed by atoms with Gasteiger partial charge in [-0.15, -0.1) is 0 Å². The SMILES string of the molecule is [N-]=[N+]=NCCC(O)C(O)c1ccc(Oc2ccc(N)cc2)cc1. The van der Waals surface area contributed by atoms with Gasteiger partial charge >= 0.3 is 0 Å². The predicted molar refractivity (Wildman–Crippen MR) is 87.0 cm³/mol. The normalized spacial score (nSPS) is 13.0. The third-order valence-electron chi connectivity index (χ3n) is 3.29. The van der Waals surface area contributed by atoms with Crippen molar-refractivity contribution in [1.29, 1.82) is 0 Å². The van der Waals surface area contributed by atoms with Gasteiger partial charge in [-0.1, -0.05) is 17.2 Å². The molecule has 120 valence electrons. The Balaban J connectivity index is 1.98. The second kappa shape index (κ2) is 8.05. The van der Waals surface area contributed by atoms with E-state index in [-0.39, 0.29) is 13.0 Å². The van der Waals surface area contributed by atoms with E-state index in [1.807, 2.05) is 0 Å². The fourth-order valence-corrected chi connectivity index (χ4v) is 2.02. The van der Waals surface area contributed by atoms with Crippen LogP contribution in [0.1, 0.15) is 18.1 Å². The first-order valence-electron chi connectivity index (χ1n) is 7.10. The Morgan fingerprint density at radius 2 is 1.61 bits per heavy atom. The molecule has 2 atom stereocenters. The van der Waals surface area contributed by atoms with Crippen LogP contribution in [0, 0.1) is 0 Å². The molecule has 7 nitrogen and oxygen atoms in total. The summed E-state index contributed by atoms with van der Waals surface area (Å²) in [5.41, 5.74) is 15.0. The molecule has 7 heteroatoms. The van der Waals surface area contributed by atoms with Gasteiger partial charge in [-0.05, 0) is 53.9 Å². The number of azide groups is 1. The van der Waals surface area contributed by atoms with E-state index in [2.05, 4.69) is 10.0 Å². The van der Waals surface area contributed by atoms with Gasteiger partial charge in [0.25, 0.3) is 0 Å². The molecule has 0 amide bonds. The molecule has 0 aliphatic carbocycles. The van der Waals surface area contributed by atoms with Crippen LogP contribution in [0.25, 0.3) is 10.4 Å². The first kappa shape index (κ1) is 16.6. The Kier molecular flexibility index (Phi) is 5.82. The van der Waals surface area contributed by atoms with Crippen molar-refractivity contribution < 1.29 is 14.9 Å². The molecule has 23 heavy (non-hydrogen) atoms. The van der Waals surface area contributed by atoms with E-state index in [0.717, 1.165) is 0 Å². The Bertz CT molecular complexity index is 667. The third-order valence-corrected chi connectivity index (χ3v) is 3.29. The Morgan fingerprint density at radius 3 is 2.17 bits per heavy atom. The number of aliphatic hydroxyl groups is 2. The summed E-state index contributed by atoms with van der Waals surface area (Å²) in [4.78, 5) is 2.60. The van der Waals surface area contributed by atoms with Gasteiger partial charge in [-0.25, -0.2) is 0 Å². The molecule has 0 heterocycles. The van der Waals surface area contributed by atoms with E-state index in [0.29, 0.717) is 22.7 Å². The molecule has 2 aromatic carbocycles. The fraction of sp³-hybridized carbons (Fsp3) is 0.250. The number of aliphatic hydroxyl groups excluding tert-OH is 2. The van der Waals surface area contributed by atoms with E-state index in [4.69, 9.17) is 16.0 Å². The maximum Gasteiger partial charge on any atom is 0.127 e. The fourth-order valence-electron chi connectivity index (χ4n) is 2.02. The lowest BCUT2D eigenvalue weighted by Crippen LogP contribution is -2.19. The van der Waals surface area contributed by atoms with Crippen molar-refractivity contribution in [3.8, 4) is 11.5 Å². The lowest BCUT2D eigenvalue weighted by Gasteiger charge is -2.17. The average Bonchev–Trinajstić information content (AvgIpc) is 2.57. The molecular formula is C16H18N4O3. The summed E-state index contributed by atoms with van der Waals surface area (Å²) in [6.07, 6.45) is -1.85. The van der Waals surface area contributed by atoms with Crippen molar-refractivity contribution in [2.75, 3.05) is 12.3 Å². The first-order chi connectivity index (χ1) is 11.1. The standard InChI is InChI=1S/C16H18N4O3/c17-12-3-7-14(8-4-12)23-13-5-1-11(2-6-13)16(22)15(21)9-10-19-20-18/h1-8,15-16,21-22H,9-10,17H2. The van der Waals surface area contributed by atoms with Crippen LogP contribution in [0.5, 0.6) is 11.5 Å². The van der Waals surface area contributed by atoms with Crippen molar-refractivity contribution in [3.63, 3.8) is 0 Å². The van der Waals surface area contributed by atoms with Gasteiger partial charge in [0.05, 0.1) is 6.10 Å². The first-order valence-corrected chi connectivity index (χ1v) is 7.10. The lowest BCUT2D eigenvalue weighted by atomic mass is 10.0. The zero-order valence-electron chi connectivity index (χ0n) is 12.4. The number of hydrogen-bond acceptors (Lipinski definition) is 5. The van der Waals surface area contributed by atoms with Crippen LogP contribution in [0.2, 0.25) is 0 Å². The maximum absolute atomic E-state index is 10.1. The van der Waals surface area contributed by atoms with Gasteiger partial charge in [0.15, 0.2) is 0 Å². The molecule has 0 aliphatic heterocycles. The van der Waals surface area contributed by atoms with E-state index >= 15 is 0 Å². The zero-order valence-corrected chi connectivity index (χ0v) is 12.4. The van der Waals surface area contributed by atoms with Crippen molar-refractivity contribution in [2.24, 2.45) is 5.11 Å². The number of nitrogens with two attached hydrogens (primary N) is 1. The number of hydrogen-bond donors (Lipinski definition) is 3. The minimum atomic E-state index is -1.05. The Morgan fingerprint density at radius 1 is 1.04 bits per heavy atom. The zero-order chi connectivity index (χ0) is 16.7. The highest BCUT2D eigenvalue weighted by Crippen LogP contribution is 2.25. The number of nitrogens with zero attached hydrogens (tertiary/aromatic N) is 3. The molecule has 0 saturated heterocycles. The monoisotopic (exact) mass is 314 g/mol. The molecule has 0 spiro atoms. The average molecular weight is 314 g/mol. The molecule has 0 fully saturated rings. The molecule has 0 bridgehead atoms. The van der Waals surface area contributed by atoms with Crippen LogP contribution in [0.15, 0.2) is 53.6 Å². The van der Waals surface area contributed by atoms with Crippen molar-refractivity contribution >= 4 is 5.69 Å². The number of nitrogen functional groups attached to an aromatic ring is 1. The highest BCUT2D eigenvalue weighted by molar-refractivity contribution is 5.43. The van der Waals surface area contributed by atoms with Crippen LogP contribution in [-0.2, 0) is 0 Å². The second-order valence-electron chi connectivity index (χ2n) is 5.00. The van der Waals surface area contributed by atoms with E-state index in [1.54, 1.807) is 48.5 Å². The maximum atomic E-state index is 10.1. The van der Waals surface area contributed by atoms with Crippen LogP contribution in [0.3, 0.4) is 0 Å². The Labute approximate surface area is 133 Å². The number of rotatable bonds is 7. The van der Waals surface area contributed by atoms with Gasteiger partial charge in [-0.3, -0.25) is 0 Å². The van der Waals surface area contributed by atoms with Crippen LogP contribution < -0.4 is 10.5 Å². The van der Waals surface area contributed by atoms with Crippen molar-refractivity contribution in [1.82, 2.24) is 0 Å². The summed E-state index contributed by atoms with van der Waals surface area (Å²) in [7, 11) is 0. The smallest absolute Gasteiger partial charge is 0.127 e. The summed E-state index contributed by atoms with van der Waals surface area (Å²) in [5.74, 6) is 1.26. The minimum Gasteiger partial charge on any atom is -0.457 e. The largest absolute Gasteiger partial charge is 0.457 e. The topological polar surface area (TPSA) is 124 Å². The van der Waals surface area contributed by atoms with Crippen molar-refractivity contribution in [2.45, 2.75) is 18.6 Å². The summed E-state index contributed by atoms with van der Waals surface area (Å²) in [6, 6.07) is 13.8. The predicted octanol–water partition coefficient (Wildman–Crippen LogP) is 3.16. The molecular weight excluding hydrogens is 296 g/mol. The van der Waals surface area contributed by atoms with E-state index in [9.17, 15) is 10.2 Å². The van der Waals surface area contributed by atoms with Crippen LogP contribution >= 0.6 is 0 Å². The van der Waals surface area contributed by atoms with Gasteiger partial charge in [0.1, 0.15) is 17.6 Å². The second-order valence-corrected chi connectivity index (χ2v) is 5.00.